The van der Waals surface area contributed by atoms with E-state index in [4.69, 9.17) is 5.73 Å². The van der Waals surface area contributed by atoms with Crippen LogP contribution in [0.5, 0.6) is 0 Å². The molecule has 2 rings (SSSR count). The van der Waals surface area contributed by atoms with Gasteiger partial charge in [0.25, 0.3) is 0 Å². The van der Waals surface area contributed by atoms with Crippen LogP contribution in [-0.4, -0.2) is 8.42 Å². The van der Waals surface area contributed by atoms with Gasteiger partial charge in [-0.25, -0.2) is 17.5 Å². The quantitative estimate of drug-likeness (QED) is 0.885. The minimum atomic E-state index is -3.85. The molecule has 19 heavy (non-hydrogen) atoms. The van der Waals surface area contributed by atoms with Gasteiger partial charge in [-0.3, -0.25) is 0 Å². The van der Waals surface area contributed by atoms with E-state index in [1.54, 1.807) is 6.07 Å². The number of halogens is 1. The molecule has 1 aromatic heterocycles. The number of thiophene rings is 1. The molecular weight excluding hydrogens is 287 g/mol. The second-order valence-corrected chi connectivity index (χ2v) is 6.44. The lowest BCUT2D eigenvalue weighted by molar-refractivity contribution is 0.556. The maximum atomic E-state index is 13.7. The third-order valence-corrected chi connectivity index (χ3v) is 4.73. The average Bonchev–Trinajstić information content (AvgIpc) is 2.89. The highest BCUT2D eigenvalue weighted by Crippen LogP contribution is 2.16. The molecule has 0 aliphatic carbocycles. The Kier molecular flexibility index (Phi) is 4.31. The third kappa shape index (κ3) is 3.38. The summed E-state index contributed by atoms with van der Waals surface area (Å²) in [5, 5.41) is 3.68. The van der Waals surface area contributed by atoms with Gasteiger partial charge in [0.15, 0.2) is 0 Å². The maximum absolute atomic E-state index is 13.7. The number of rotatable bonds is 5. The summed E-state index contributed by atoms with van der Waals surface area (Å²) in [6.07, 6.45) is 0. The number of sulfonamides is 1. The SMILES string of the molecule is NCc1ccc(S(=O)(=O)NCc2ccsc2)c(F)c1. The van der Waals surface area contributed by atoms with Crippen LogP contribution in [0.1, 0.15) is 11.1 Å². The molecule has 3 N–H and O–H groups in total. The Morgan fingerprint density at radius 2 is 2.05 bits per heavy atom. The van der Waals surface area contributed by atoms with Gasteiger partial charge in [0.1, 0.15) is 10.7 Å². The smallest absolute Gasteiger partial charge is 0.243 e. The van der Waals surface area contributed by atoms with E-state index < -0.39 is 15.8 Å². The molecule has 1 heterocycles. The van der Waals surface area contributed by atoms with Gasteiger partial charge >= 0.3 is 0 Å². The molecule has 0 aliphatic heterocycles. The van der Waals surface area contributed by atoms with Crippen molar-refractivity contribution in [2.75, 3.05) is 0 Å². The highest BCUT2D eigenvalue weighted by molar-refractivity contribution is 7.89. The molecule has 0 amide bonds. The molecule has 0 unspecified atom stereocenters. The predicted molar refractivity (Wildman–Crippen MR) is 72.6 cm³/mol. The minimum absolute atomic E-state index is 0.143. The zero-order valence-electron chi connectivity index (χ0n) is 9.97. The number of hydrogen-bond donors (Lipinski definition) is 2. The van der Waals surface area contributed by atoms with Crippen molar-refractivity contribution < 1.29 is 12.8 Å². The largest absolute Gasteiger partial charge is 0.326 e. The van der Waals surface area contributed by atoms with Crippen molar-refractivity contribution in [1.82, 2.24) is 4.72 Å². The fourth-order valence-corrected chi connectivity index (χ4v) is 3.28. The van der Waals surface area contributed by atoms with Crippen LogP contribution in [0, 0.1) is 5.82 Å². The van der Waals surface area contributed by atoms with Gasteiger partial charge in [0.05, 0.1) is 0 Å². The first-order valence-corrected chi connectivity index (χ1v) is 7.95. The van der Waals surface area contributed by atoms with Crippen molar-refractivity contribution >= 4 is 21.4 Å². The van der Waals surface area contributed by atoms with Gasteiger partial charge in [-0.1, -0.05) is 6.07 Å². The van der Waals surface area contributed by atoms with E-state index in [0.29, 0.717) is 5.56 Å². The van der Waals surface area contributed by atoms with Gasteiger partial charge in [-0.2, -0.15) is 11.3 Å². The Bertz CT molecular complexity index is 654. The molecule has 2 aromatic rings. The molecule has 0 saturated heterocycles. The summed E-state index contributed by atoms with van der Waals surface area (Å²) in [5.41, 5.74) is 6.76. The molecule has 0 fully saturated rings. The summed E-state index contributed by atoms with van der Waals surface area (Å²) in [4.78, 5) is -0.361. The zero-order chi connectivity index (χ0) is 13.9. The van der Waals surface area contributed by atoms with E-state index in [1.165, 1.54) is 23.5 Å². The number of nitrogens with one attached hydrogen (secondary N) is 1. The Labute approximate surface area is 115 Å². The lowest BCUT2D eigenvalue weighted by Crippen LogP contribution is -2.24. The maximum Gasteiger partial charge on any atom is 0.243 e. The number of nitrogens with two attached hydrogens (primary N) is 1. The third-order valence-electron chi connectivity index (χ3n) is 2.57. The monoisotopic (exact) mass is 300 g/mol. The fraction of sp³-hybridized carbons (Fsp3) is 0.167. The first kappa shape index (κ1) is 14.1. The van der Waals surface area contributed by atoms with E-state index >= 15 is 0 Å². The van der Waals surface area contributed by atoms with Crippen LogP contribution in [0.15, 0.2) is 39.9 Å². The normalized spacial score (nSPS) is 11.7. The van der Waals surface area contributed by atoms with Gasteiger partial charge in [-0.05, 0) is 40.1 Å². The van der Waals surface area contributed by atoms with E-state index in [2.05, 4.69) is 4.72 Å². The van der Waals surface area contributed by atoms with Crippen LogP contribution in [0.25, 0.3) is 0 Å². The van der Waals surface area contributed by atoms with Gasteiger partial charge in [0.2, 0.25) is 10.0 Å². The zero-order valence-corrected chi connectivity index (χ0v) is 11.6. The van der Waals surface area contributed by atoms with Crippen LogP contribution < -0.4 is 10.5 Å². The molecule has 0 spiro atoms. The molecule has 0 saturated carbocycles. The Morgan fingerprint density at radius 1 is 1.26 bits per heavy atom. The van der Waals surface area contributed by atoms with Crippen molar-refractivity contribution in [2.45, 2.75) is 18.0 Å². The van der Waals surface area contributed by atoms with Crippen LogP contribution in [0.4, 0.5) is 4.39 Å². The fourth-order valence-electron chi connectivity index (χ4n) is 1.54. The standard InChI is InChI=1S/C12H13FN2O2S2/c13-11-5-9(6-14)1-2-12(11)19(16,17)15-7-10-3-4-18-8-10/h1-5,8,15H,6-7,14H2. The molecule has 0 bridgehead atoms. The van der Waals surface area contributed by atoms with Crippen LogP contribution in [0.2, 0.25) is 0 Å². The first-order chi connectivity index (χ1) is 9.03. The summed E-state index contributed by atoms with van der Waals surface area (Å²) < 4.78 is 40.0. The Morgan fingerprint density at radius 3 is 2.63 bits per heavy atom. The molecule has 4 nitrogen and oxygen atoms in total. The molecule has 102 valence electrons. The average molecular weight is 300 g/mol. The summed E-state index contributed by atoms with van der Waals surface area (Å²) in [7, 11) is -3.85. The lowest BCUT2D eigenvalue weighted by Gasteiger charge is -2.08. The number of benzene rings is 1. The predicted octanol–water partition coefficient (Wildman–Crippen LogP) is 1.82. The van der Waals surface area contributed by atoms with Crippen LogP contribution in [0.3, 0.4) is 0 Å². The van der Waals surface area contributed by atoms with Gasteiger partial charge < -0.3 is 5.73 Å². The molecule has 1 aromatic carbocycles. The molecule has 0 aliphatic rings. The first-order valence-electron chi connectivity index (χ1n) is 5.52. The van der Waals surface area contributed by atoms with E-state index in [1.807, 2.05) is 10.8 Å². The summed E-state index contributed by atoms with van der Waals surface area (Å²) >= 11 is 1.47. The van der Waals surface area contributed by atoms with Crippen molar-refractivity contribution in [3.8, 4) is 0 Å². The van der Waals surface area contributed by atoms with Crippen molar-refractivity contribution in [1.29, 1.82) is 0 Å². The molecule has 0 atom stereocenters. The second kappa shape index (κ2) is 5.79. The molecular formula is C12H13FN2O2S2. The van der Waals surface area contributed by atoms with Crippen LogP contribution >= 0.6 is 11.3 Å². The summed E-state index contributed by atoms with van der Waals surface area (Å²) in [5.74, 6) is -0.791. The van der Waals surface area contributed by atoms with Crippen LogP contribution in [-0.2, 0) is 23.1 Å². The van der Waals surface area contributed by atoms with Crippen molar-refractivity contribution in [3.63, 3.8) is 0 Å². The van der Waals surface area contributed by atoms with Crippen molar-refractivity contribution in [3.05, 3.63) is 52.0 Å². The van der Waals surface area contributed by atoms with Gasteiger partial charge in [0, 0.05) is 13.1 Å². The Hall–Kier alpha value is -1.28. The minimum Gasteiger partial charge on any atom is -0.326 e. The summed E-state index contributed by atoms with van der Waals surface area (Å²) in [6.45, 7) is 0.309. The molecule has 0 radical (unpaired) electrons. The number of hydrogen-bond acceptors (Lipinski definition) is 4. The van der Waals surface area contributed by atoms with E-state index in [0.717, 1.165) is 11.6 Å². The Balaban J connectivity index is 2.19. The molecule has 7 heteroatoms. The van der Waals surface area contributed by atoms with E-state index in [9.17, 15) is 12.8 Å². The highest BCUT2D eigenvalue weighted by Gasteiger charge is 2.18. The van der Waals surface area contributed by atoms with E-state index in [-0.39, 0.29) is 18.0 Å². The summed E-state index contributed by atoms with van der Waals surface area (Å²) in [6, 6.07) is 5.68. The topological polar surface area (TPSA) is 72.2 Å². The second-order valence-electron chi connectivity index (χ2n) is 3.93. The van der Waals surface area contributed by atoms with Gasteiger partial charge in [-0.15, -0.1) is 0 Å². The highest BCUT2D eigenvalue weighted by atomic mass is 32.2. The lowest BCUT2D eigenvalue weighted by atomic mass is 10.2. The van der Waals surface area contributed by atoms with Crippen molar-refractivity contribution in [2.24, 2.45) is 5.73 Å².